The number of rotatable bonds is 7. The van der Waals surface area contributed by atoms with E-state index in [1.165, 1.54) is 38.5 Å². The summed E-state index contributed by atoms with van der Waals surface area (Å²) in [7, 11) is -10.2. The van der Waals surface area contributed by atoms with Crippen molar-refractivity contribution in [1.29, 1.82) is 0 Å². The van der Waals surface area contributed by atoms with E-state index in [0.717, 1.165) is 0 Å². The maximum absolute atomic E-state index is 9.44. The van der Waals surface area contributed by atoms with Crippen LogP contribution in [0.2, 0.25) is 0 Å². The summed E-state index contributed by atoms with van der Waals surface area (Å²) >= 11 is 0. The lowest BCUT2D eigenvalue weighted by atomic mass is 10.1. The van der Waals surface area contributed by atoms with Crippen molar-refractivity contribution in [2.45, 2.75) is 52.4 Å². The molecular weight excluding hydrogens is 272 g/mol. The van der Waals surface area contributed by atoms with Crippen LogP contribution in [0, 0.1) is 0 Å². The number of hydrogen-bond donors (Lipinski definition) is 2. The molecule has 0 saturated carbocycles. The summed E-state index contributed by atoms with van der Waals surface area (Å²) < 4.78 is 55.6. The molecule has 2 N–H and O–H groups in total. The van der Waals surface area contributed by atoms with Crippen molar-refractivity contribution in [3.05, 3.63) is 0 Å². The summed E-state index contributed by atoms with van der Waals surface area (Å²) in [5, 5.41) is 0. The van der Waals surface area contributed by atoms with Crippen LogP contribution in [0.1, 0.15) is 52.4 Å². The molecule has 0 aromatic heterocycles. The Morgan fingerprint density at radius 3 is 1.18 bits per heavy atom. The monoisotopic (exact) mass is 292 g/mol. The molecule has 7 nitrogen and oxygen atoms in total. The predicted molar refractivity (Wildman–Crippen MR) is 63.2 cm³/mol. The Bertz CT molecular complexity index is 321. The highest BCUT2D eigenvalue weighted by molar-refractivity contribution is 7.94. The van der Waals surface area contributed by atoms with E-state index in [-0.39, 0.29) is 0 Å². The molecule has 0 aliphatic carbocycles. The minimum Gasteiger partial charge on any atom is -0.263 e. The zero-order valence-electron chi connectivity index (χ0n) is 9.99. The average Bonchev–Trinajstić information content (AvgIpc) is 2.07. The van der Waals surface area contributed by atoms with Crippen molar-refractivity contribution >= 4 is 20.8 Å². The highest BCUT2D eigenvalue weighted by Gasteiger charge is 2.15. The normalized spacial score (nSPS) is 11.8. The number of unbranched alkanes of at least 4 members (excludes halogenated alkanes) is 5. The van der Waals surface area contributed by atoms with Crippen LogP contribution in [0.4, 0.5) is 0 Å². The molecule has 0 aromatic carbocycles. The van der Waals surface area contributed by atoms with Gasteiger partial charge in [0, 0.05) is 0 Å². The minimum atomic E-state index is -5.12. The summed E-state index contributed by atoms with van der Waals surface area (Å²) in [6, 6.07) is 0. The molecule has 0 aliphatic heterocycles. The van der Waals surface area contributed by atoms with Crippen molar-refractivity contribution < 1.29 is 29.6 Å². The molecule has 0 aliphatic rings. The smallest absolute Gasteiger partial charge is 0.263 e. The number of hydrogen-bond acceptors (Lipinski definition) is 5. The van der Waals surface area contributed by atoms with Crippen molar-refractivity contribution in [3.63, 3.8) is 0 Å². The van der Waals surface area contributed by atoms with Gasteiger partial charge in [-0.15, -0.1) is 3.63 Å². The van der Waals surface area contributed by atoms with E-state index >= 15 is 0 Å². The van der Waals surface area contributed by atoms with E-state index < -0.39 is 20.8 Å². The summed E-state index contributed by atoms with van der Waals surface area (Å²) in [6.45, 7) is 4.51. The standard InChI is InChI=1S/C8H18.H2O7S2/c1-3-5-7-8-6-4-2;1-8(2,3)7-9(4,5)6/h3-8H2,1-2H3;(H,1,2,3)(H,4,5,6). The van der Waals surface area contributed by atoms with Crippen LogP contribution in [0.3, 0.4) is 0 Å². The molecule has 0 fully saturated rings. The highest BCUT2D eigenvalue weighted by atomic mass is 32.3. The first-order valence-corrected chi connectivity index (χ1v) is 8.01. The Balaban J connectivity index is 0. The summed E-state index contributed by atoms with van der Waals surface area (Å²) in [5.41, 5.74) is 0. The lowest BCUT2D eigenvalue weighted by Crippen LogP contribution is -2.10. The molecule has 0 rings (SSSR count). The Hall–Kier alpha value is -0.220. The second-order valence-electron chi connectivity index (χ2n) is 3.34. The van der Waals surface area contributed by atoms with Crippen LogP contribution in [-0.4, -0.2) is 25.9 Å². The maximum Gasteiger partial charge on any atom is 0.413 e. The van der Waals surface area contributed by atoms with Crippen LogP contribution in [0.25, 0.3) is 0 Å². The van der Waals surface area contributed by atoms with E-state index in [2.05, 4.69) is 17.5 Å². The molecule has 0 atom stereocenters. The predicted octanol–water partition coefficient (Wildman–Crippen LogP) is 1.98. The Morgan fingerprint density at radius 1 is 0.765 bits per heavy atom. The van der Waals surface area contributed by atoms with Gasteiger partial charge in [-0.2, -0.15) is 16.8 Å². The molecule has 0 unspecified atom stereocenters. The molecule has 17 heavy (non-hydrogen) atoms. The average molecular weight is 292 g/mol. The minimum absolute atomic E-state index is 1.36. The highest BCUT2D eigenvalue weighted by Crippen LogP contribution is 2.03. The van der Waals surface area contributed by atoms with Gasteiger partial charge >= 0.3 is 20.8 Å². The third-order valence-corrected chi connectivity index (χ3v) is 3.00. The van der Waals surface area contributed by atoms with Crippen LogP contribution >= 0.6 is 0 Å². The van der Waals surface area contributed by atoms with Gasteiger partial charge in [-0.05, 0) is 0 Å². The van der Waals surface area contributed by atoms with Crippen LogP contribution in [-0.2, 0) is 24.4 Å². The van der Waals surface area contributed by atoms with Gasteiger partial charge in [-0.3, -0.25) is 9.11 Å². The van der Waals surface area contributed by atoms with E-state index in [1.54, 1.807) is 0 Å². The molecule has 0 spiro atoms. The molecule has 0 aromatic rings. The molecule has 9 heteroatoms. The largest absolute Gasteiger partial charge is 0.413 e. The van der Waals surface area contributed by atoms with Gasteiger partial charge < -0.3 is 0 Å². The Morgan fingerprint density at radius 2 is 1.06 bits per heavy atom. The lowest BCUT2D eigenvalue weighted by Gasteiger charge is -1.93. The molecule has 0 radical (unpaired) electrons. The van der Waals surface area contributed by atoms with E-state index in [0.29, 0.717) is 0 Å². The SMILES string of the molecule is CCCCCCCC.O=S(=O)(O)OS(=O)(=O)O. The fraction of sp³-hybridized carbons (Fsp3) is 1.00. The quantitative estimate of drug-likeness (QED) is 0.544. The van der Waals surface area contributed by atoms with Crippen molar-refractivity contribution in [1.82, 2.24) is 0 Å². The van der Waals surface area contributed by atoms with Crippen molar-refractivity contribution in [2.75, 3.05) is 0 Å². The molecule has 0 heterocycles. The molecule has 0 bridgehead atoms. The van der Waals surface area contributed by atoms with Crippen molar-refractivity contribution in [3.8, 4) is 0 Å². The lowest BCUT2D eigenvalue weighted by molar-refractivity contribution is 0.344. The zero-order chi connectivity index (χ0) is 13.9. The van der Waals surface area contributed by atoms with E-state index in [1.807, 2.05) is 0 Å². The summed E-state index contributed by atoms with van der Waals surface area (Å²) in [6.07, 6.45) is 8.49. The summed E-state index contributed by atoms with van der Waals surface area (Å²) in [4.78, 5) is 0. The van der Waals surface area contributed by atoms with Gasteiger partial charge in [-0.1, -0.05) is 52.4 Å². The van der Waals surface area contributed by atoms with Gasteiger partial charge in [0.05, 0.1) is 0 Å². The van der Waals surface area contributed by atoms with E-state index in [4.69, 9.17) is 9.11 Å². The maximum atomic E-state index is 9.44. The van der Waals surface area contributed by atoms with E-state index in [9.17, 15) is 16.8 Å². The van der Waals surface area contributed by atoms with Crippen LogP contribution in [0.15, 0.2) is 0 Å². The molecular formula is C8H20O7S2. The second kappa shape index (κ2) is 9.77. The third-order valence-electron chi connectivity index (χ3n) is 1.63. The zero-order valence-corrected chi connectivity index (χ0v) is 11.6. The third kappa shape index (κ3) is 25.8. The van der Waals surface area contributed by atoms with Gasteiger partial charge in [-0.25, -0.2) is 0 Å². The van der Waals surface area contributed by atoms with Crippen LogP contribution in [0.5, 0.6) is 0 Å². The van der Waals surface area contributed by atoms with Gasteiger partial charge in [0.2, 0.25) is 0 Å². The van der Waals surface area contributed by atoms with Gasteiger partial charge in [0.25, 0.3) is 0 Å². The first-order chi connectivity index (χ1) is 7.62. The van der Waals surface area contributed by atoms with Crippen molar-refractivity contribution in [2.24, 2.45) is 0 Å². The molecule has 0 saturated heterocycles. The van der Waals surface area contributed by atoms with Gasteiger partial charge in [0.1, 0.15) is 0 Å². The second-order valence-corrected chi connectivity index (χ2v) is 5.59. The first-order valence-electron chi connectivity index (χ1n) is 5.28. The molecule has 106 valence electrons. The van der Waals surface area contributed by atoms with Gasteiger partial charge in [0.15, 0.2) is 0 Å². The molecule has 0 amide bonds. The Labute approximate surface area is 103 Å². The fourth-order valence-corrected chi connectivity index (χ4v) is 1.83. The topological polar surface area (TPSA) is 118 Å². The summed E-state index contributed by atoms with van der Waals surface area (Å²) in [5.74, 6) is 0. The Kier molecular flexibility index (Phi) is 11.0. The van der Waals surface area contributed by atoms with Crippen LogP contribution < -0.4 is 0 Å². The fourth-order valence-electron chi connectivity index (χ4n) is 0.962. The first kappa shape index (κ1) is 19.1.